The Labute approximate surface area is 82.3 Å². The van der Waals surface area contributed by atoms with Gasteiger partial charge in [-0.2, -0.15) is 0 Å². The largest absolute Gasteiger partial charge is 0 e. The fourth-order valence-electron chi connectivity index (χ4n) is 0. The van der Waals surface area contributed by atoms with Crippen LogP contribution in [0.5, 0.6) is 0 Å². The summed E-state index contributed by atoms with van der Waals surface area (Å²) in [6.07, 6.45) is 0. The van der Waals surface area contributed by atoms with Crippen LogP contribution in [-0.4, -0.2) is 23.9 Å². The second-order valence-electron chi connectivity index (χ2n) is 0. The summed E-state index contributed by atoms with van der Waals surface area (Å²) < 4.78 is 0. The van der Waals surface area contributed by atoms with Crippen molar-refractivity contribution in [2.45, 2.75) is 0 Å². The van der Waals surface area contributed by atoms with Gasteiger partial charge in [-0.15, -0.1) is 0 Å². The van der Waals surface area contributed by atoms with Crippen LogP contribution >= 0.6 is 0 Å². The zero-order valence-corrected chi connectivity index (χ0v) is 10.9. The quantitative estimate of drug-likeness (QED) is 0.531. The Balaban J connectivity index is 0. The molecule has 0 rings (SSSR count). The molecule has 0 aliphatic rings. The SMILES string of the molecule is [Sn].[Ti].[V].[Zn]. The van der Waals surface area contributed by atoms with Crippen LogP contribution < -0.4 is 0 Å². The van der Waals surface area contributed by atoms with E-state index in [-0.39, 0.29) is 83.7 Å². The Morgan fingerprint density at radius 3 is 1.00 bits per heavy atom. The monoisotopic (exact) mass is 283 g/mol. The van der Waals surface area contributed by atoms with Gasteiger partial charge in [0, 0.05) is 83.7 Å². The predicted octanol–water partition coefficient (Wildman–Crippen LogP) is -0.388. The first-order chi connectivity index (χ1) is 0. The Bertz CT molecular complexity index is 8.00. The topological polar surface area (TPSA) is 0 Å². The van der Waals surface area contributed by atoms with Crippen molar-refractivity contribution >= 4 is 23.9 Å². The molecule has 0 nitrogen and oxygen atoms in total. The van der Waals surface area contributed by atoms with Crippen LogP contribution in [0.3, 0.4) is 0 Å². The zero-order chi connectivity index (χ0) is 0. The molecule has 4 heavy (non-hydrogen) atoms. The molecule has 0 saturated carbocycles. The van der Waals surface area contributed by atoms with E-state index >= 15 is 0 Å². The van der Waals surface area contributed by atoms with Gasteiger partial charge in [0.1, 0.15) is 0 Å². The maximum atomic E-state index is 0. The molecule has 0 aromatic carbocycles. The number of hydrogen-bond donors (Lipinski definition) is 0. The van der Waals surface area contributed by atoms with Crippen LogP contribution in [0, 0.1) is 0 Å². The van der Waals surface area contributed by atoms with Crippen LogP contribution in [0.2, 0.25) is 0 Å². The summed E-state index contributed by atoms with van der Waals surface area (Å²) in [4.78, 5) is 0. The molecular weight excluding hydrogens is 283 g/mol. The number of rotatable bonds is 0. The van der Waals surface area contributed by atoms with Gasteiger partial charge in [0.2, 0.25) is 0 Å². The molecule has 0 atom stereocenters. The minimum absolute atomic E-state index is 0. The smallest absolute Gasteiger partial charge is 0 e. The molecule has 0 aliphatic heterocycles. The van der Waals surface area contributed by atoms with Crippen molar-refractivity contribution in [3.63, 3.8) is 0 Å². The molecule has 4 heteroatoms. The van der Waals surface area contributed by atoms with Crippen LogP contribution in [0.4, 0.5) is 0 Å². The Morgan fingerprint density at radius 2 is 1.00 bits per heavy atom. The molecule has 15 valence electrons. The van der Waals surface area contributed by atoms with Gasteiger partial charge in [-0.3, -0.25) is 0 Å². The van der Waals surface area contributed by atoms with E-state index in [0.717, 1.165) is 0 Å². The summed E-state index contributed by atoms with van der Waals surface area (Å²) >= 11 is 0. The van der Waals surface area contributed by atoms with Gasteiger partial charge in [-0.25, -0.2) is 0 Å². The van der Waals surface area contributed by atoms with Crippen molar-refractivity contribution in [2.75, 3.05) is 0 Å². The first-order valence-electron chi connectivity index (χ1n) is 0. The second-order valence-corrected chi connectivity index (χ2v) is 0. The van der Waals surface area contributed by atoms with Crippen molar-refractivity contribution < 1.29 is 59.8 Å². The third-order valence-corrected chi connectivity index (χ3v) is 0. The third-order valence-electron chi connectivity index (χ3n) is 0. The first kappa shape index (κ1) is 29.7. The van der Waals surface area contributed by atoms with Gasteiger partial charge in [-0.05, 0) is 0 Å². The molecule has 0 spiro atoms. The third kappa shape index (κ3) is 8.83. The summed E-state index contributed by atoms with van der Waals surface area (Å²) in [5.41, 5.74) is 0. The fourth-order valence-corrected chi connectivity index (χ4v) is 0. The zero-order valence-electron chi connectivity index (χ0n) is 2.15. The molecule has 5 radical (unpaired) electrons. The van der Waals surface area contributed by atoms with Crippen LogP contribution in [0.1, 0.15) is 0 Å². The van der Waals surface area contributed by atoms with E-state index in [1.165, 1.54) is 0 Å². The second kappa shape index (κ2) is 17.2. The van der Waals surface area contributed by atoms with Gasteiger partial charge in [0.05, 0.1) is 0 Å². The van der Waals surface area contributed by atoms with E-state index in [0.29, 0.717) is 0 Å². The maximum absolute atomic E-state index is 0. The van der Waals surface area contributed by atoms with Gasteiger partial charge >= 0.3 is 0 Å². The van der Waals surface area contributed by atoms with Crippen molar-refractivity contribution in [3.8, 4) is 0 Å². The van der Waals surface area contributed by atoms with Crippen molar-refractivity contribution in [1.29, 1.82) is 0 Å². The van der Waals surface area contributed by atoms with Crippen molar-refractivity contribution in [1.82, 2.24) is 0 Å². The van der Waals surface area contributed by atoms with E-state index in [1.54, 1.807) is 0 Å². The summed E-state index contributed by atoms with van der Waals surface area (Å²) in [6.45, 7) is 0. The summed E-state index contributed by atoms with van der Waals surface area (Å²) in [6, 6.07) is 0. The van der Waals surface area contributed by atoms with E-state index in [4.69, 9.17) is 0 Å². The van der Waals surface area contributed by atoms with Gasteiger partial charge in [-0.1, -0.05) is 0 Å². The van der Waals surface area contributed by atoms with E-state index < -0.39 is 0 Å². The van der Waals surface area contributed by atoms with Crippen LogP contribution in [0.15, 0.2) is 0 Å². The standard InChI is InChI=1S/Sn.Ti.V.Zn. The molecule has 0 unspecified atom stereocenters. The molecule has 0 saturated heterocycles. The Kier molecular flexibility index (Phi) is 128. The molecule has 0 aromatic rings. The molecule has 0 amide bonds. The average molecular weight is 283 g/mol. The van der Waals surface area contributed by atoms with E-state index in [1.807, 2.05) is 0 Å². The summed E-state index contributed by atoms with van der Waals surface area (Å²) in [5, 5.41) is 0. The molecule has 0 aromatic heterocycles. The van der Waals surface area contributed by atoms with Crippen LogP contribution in [0.25, 0.3) is 0 Å². The molecule has 0 bridgehead atoms. The van der Waals surface area contributed by atoms with Gasteiger partial charge in [0.15, 0.2) is 0 Å². The molecule has 0 aliphatic carbocycles. The van der Waals surface area contributed by atoms with Crippen LogP contribution in [-0.2, 0) is 59.8 Å². The van der Waals surface area contributed by atoms with Gasteiger partial charge in [0.25, 0.3) is 0 Å². The molecule has 0 N–H and O–H groups in total. The Hall–Kier alpha value is 2.72. The summed E-state index contributed by atoms with van der Waals surface area (Å²) in [5.74, 6) is 0. The Morgan fingerprint density at radius 1 is 1.00 bits per heavy atom. The molecular formula is SnTiVZn. The number of hydrogen-bond acceptors (Lipinski definition) is 0. The maximum Gasteiger partial charge on any atom is 0 e. The van der Waals surface area contributed by atoms with E-state index in [2.05, 4.69) is 0 Å². The van der Waals surface area contributed by atoms with Crippen molar-refractivity contribution in [3.05, 3.63) is 0 Å². The fraction of sp³-hybridized carbons (Fsp3) is 0. The minimum Gasteiger partial charge on any atom is 0 e. The summed E-state index contributed by atoms with van der Waals surface area (Å²) in [7, 11) is 0. The normalized spacial score (nSPS) is 0. The average Bonchev–Trinajstić information content (AvgIpc) is 0. The minimum atomic E-state index is 0. The van der Waals surface area contributed by atoms with E-state index in [9.17, 15) is 0 Å². The molecule has 0 fully saturated rings. The molecule has 0 heterocycles. The van der Waals surface area contributed by atoms with Crippen molar-refractivity contribution in [2.24, 2.45) is 0 Å². The first-order valence-corrected chi connectivity index (χ1v) is 0. The van der Waals surface area contributed by atoms with Gasteiger partial charge < -0.3 is 0 Å². The predicted molar refractivity (Wildman–Crippen MR) is 5.75 cm³/mol.